The molecule has 0 aliphatic heterocycles. The zero-order chi connectivity index (χ0) is 12.3. The van der Waals surface area contributed by atoms with Crippen molar-refractivity contribution in [2.45, 2.75) is 17.9 Å². The van der Waals surface area contributed by atoms with Crippen LogP contribution in [-0.2, 0) is 16.6 Å². The van der Waals surface area contributed by atoms with Gasteiger partial charge in [-0.25, -0.2) is 0 Å². The normalized spacial score (nSPS) is 14.7. The molecule has 0 saturated carbocycles. The summed E-state index contributed by atoms with van der Waals surface area (Å²) >= 11 is 0. The number of nitrogens with zero attached hydrogens (tertiary/aromatic N) is 1. The number of aromatic nitrogens is 1. The van der Waals surface area contributed by atoms with E-state index in [0.29, 0.717) is 12.3 Å². The van der Waals surface area contributed by atoms with Crippen molar-refractivity contribution in [1.82, 2.24) is 4.98 Å². The Kier molecular flexibility index (Phi) is 3.86. The minimum atomic E-state index is -0.904. The molecule has 3 nitrogen and oxygen atoms in total. The summed E-state index contributed by atoms with van der Waals surface area (Å²) in [4.78, 5) is 4.26. The van der Waals surface area contributed by atoms with Gasteiger partial charge in [0.25, 0.3) is 0 Å². The molecule has 0 amide bonds. The molecule has 1 aromatic heterocycles. The van der Waals surface area contributed by atoms with Gasteiger partial charge in [0.15, 0.2) is 0 Å². The van der Waals surface area contributed by atoms with Crippen LogP contribution in [0, 0.1) is 0 Å². The summed E-state index contributed by atoms with van der Waals surface area (Å²) in [6.07, 6.45) is 1.77. The van der Waals surface area contributed by atoms with E-state index in [4.69, 9.17) is 5.73 Å². The first-order valence-electron chi connectivity index (χ1n) is 5.61. The molecule has 4 heteroatoms. The first-order valence-corrected chi connectivity index (χ1v) is 7.00. The van der Waals surface area contributed by atoms with Gasteiger partial charge >= 0.3 is 0 Å². The summed E-state index contributed by atoms with van der Waals surface area (Å²) in [6.45, 7) is 2.38. The van der Waals surface area contributed by atoms with E-state index in [1.807, 2.05) is 37.3 Å². The standard InChI is InChI=1S/C13H16N2OS/c1-10(8-14)17(16)9-11-4-5-13-12(7-11)3-2-6-15-13/h2-7,10H,8-9,14H2,1H3. The molecule has 0 aliphatic carbocycles. The van der Waals surface area contributed by atoms with Gasteiger partial charge in [-0.05, 0) is 30.7 Å². The average Bonchev–Trinajstić information content (AvgIpc) is 2.37. The van der Waals surface area contributed by atoms with Gasteiger partial charge in [-0.2, -0.15) is 0 Å². The molecule has 17 heavy (non-hydrogen) atoms. The third-order valence-electron chi connectivity index (χ3n) is 2.76. The zero-order valence-electron chi connectivity index (χ0n) is 9.80. The Morgan fingerprint density at radius 3 is 3.00 bits per heavy atom. The predicted octanol–water partition coefficient (Wildman–Crippen LogP) is 1.83. The number of rotatable bonds is 4. The van der Waals surface area contributed by atoms with Crippen molar-refractivity contribution in [2.75, 3.05) is 6.54 Å². The van der Waals surface area contributed by atoms with Gasteiger partial charge in [-0.3, -0.25) is 9.19 Å². The molecule has 0 bridgehead atoms. The second kappa shape index (κ2) is 5.38. The lowest BCUT2D eigenvalue weighted by Gasteiger charge is -2.09. The monoisotopic (exact) mass is 248 g/mol. The number of benzene rings is 1. The SMILES string of the molecule is CC(CN)S(=O)Cc1ccc2ncccc2c1. The number of fused-ring (bicyclic) bond motifs is 1. The molecule has 0 aliphatic rings. The molecule has 90 valence electrons. The first kappa shape index (κ1) is 12.2. The van der Waals surface area contributed by atoms with Crippen LogP contribution >= 0.6 is 0 Å². The van der Waals surface area contributed by atoms with Gasteiger partial charge in [-0.15, -0.1) is 0 Å². The van der Waals surface area contributed by atoms with Crippen molar-refractivity contribution in [3.05, 3.63) is 42.1 Å². The summed E-state index contributed by atoms with van der Waals surface area (Å²) in [5.74, 6) is 0.559. The molecule has 0 radical (unpaired) electrons. The Morgan fingerprint density at radius 1 is 1.41 bits per heavy atom. The first-order chi connectivity index (χ1) is 8.20. The van der Waals surface area contributed by atoms with Gasteiger partial charge < -0.3 is 5.73 Å². The van der Waals surface area contributed by atoms with E-state index in [1.165, 1.54) is 0 Å². The minimum absolute atomic E-state index is 0.0413. The number of hydrogen-bond acceptors (Lipinski definition) is 3. The summed E-state index contributed by atoms with van der Waals surface area (Å²) < 4.78 is 11.9. The van der Waals surface area contributed by atoms with Crippen molar-refractivity contribution in [2.24, 2.45) is 5.73 Å². The Balaban J connectivity index is 2.22. The van der Waals surface area contributed by atoms with Gasteiger partial charge in [-0.1, -0.05) is 12.1 Å². The molecule has 1 aromatic carbocycles. The molecular formula is C13H16N2OS. The van der Waals surface area contributed by atoms with Crippen LogP contribution in [0.3, 0.4) is 0 Å². The third-order valence-corrected chi connectivity index (χ3v) is 4.46. The fourth-order valence-electron chi connectivity index (χ4n) is 1.63. The Bertz CT molecular complexity index is 542. The van der Waals surface area contributed by atoms with E-state index in [2.05, 4.69) is 4.98 Å². The van der Waals surface area contributed by atoms with Crippen LogP contribution in [0.25, 0.3) is 10.9 Å². The highest BCUT2D eigenvalue weighted by Crippen LogP contribution is 2.15. The van der Waals surface area contributed by atoms with Crippen molar-refractivity contribution < 1.29 is 4.21 Å². The fraction of sp³-hybridized carbons (Fsp3) is 0.308. The van der Waals surface area contributed by atoms with E-state index < -0.39 is 10.8 Å². The third kappa shape index (κ3) is 2.90. The maximum Gasteiger partial charge on any atom is 0.0702 e. The lowest BCUT2D eigenvalue weighted by Crippen LogP contribution is -2.22. The van der Waals surface area contributed by atoms with Crippen molar-refractivity contribution in [3.8, 4) is 0 Å². The van der Waals surface area contributed by atoms with Crippen molar-refractivity contribution >= 4 is 21.7 Å². The number of pyridine rings is 1. The van der Waals surface area contributed by atoms with E-state index in [-0.39, 0.29) is 5.25 Å². The fourth-order valence-corrected chi connectivity index (χ4v) is 2.64. The summed E-state index contributed by atoms with van der Waals surface area (Å²) in [7, 11) is -0.904. The van der Waals surface area contributed by atoms with E-state index in [0.717, 1.165) is 16.5 Å². The highest BCUT2D eigenvalue weighted by Gasteiger charge is 2.09. The molecular weight excluding hydrogens is 232 g/mol. The second-order valence-electron chi connectivity index (χ2n) is 4.10. The number of nitrogens with two attached hydrogens (primary N) is 1. The lowest BCUT2D eigenvalue weighted by molar-refractivity contribution is 0.673. The molecule has 0 spiro atoms. The van der Waals surface area contributed by atoms with Crippen LogP contribution in [0.1, 0.15) is 12.5 Å². The van der Waals surface area contributed by atoms with Crippen molar-refractivity contribution in [1.29, 1.82) is 0 Å². The Hall–Kier alpha value is -1.26. The summed E-state index contributed by atoms with van der Waals surface area (Å²) in [5, 5.41) is 1.13. The highest BCUT2D eigenvalue weighted by molar-refractivity contribution is 7.84. The van der Waals surface area contributed by atoms with E-state index >= 15 is 0 Å². The van der Waals surface area contributed by atoms with E-state index in [1.54, 1.807) is 6.20 Å². The minimum Gasteiger partial charge on any atom is -0.329 e. The Morgan fingerprint density at radius 2 is 2.24 bits per heavy atom. The lowest BCUT2D eigenvalue weighted by atomic mass is 10.1. The van der Waals surface area contributed by atoms with Crippen LogP contribution in [0.15, 0.2) is 36.5 Å². The van der Waals surface area contributed by atoms with Crippen LogP contribution in [0.4, 0.5) is 0 Å². The molecule has 0 saturated heterocycles. The molecule has 0 fully saturated rings. The average molecular weight is 248 g/mol. The highest BCUT2D eigenvalue weighted by atomic mass is 32.2. The van der Waals surface area contributed by atoms with Crippen LogP contribution < -0.4 is 5.73 Å². The molecule has 1 heterocycles. The summed E-state index contributed by atoms with van der Waals surface area (Å²) in [5.41, 5.74) is 7.55. The van der Waals surface area contributed by atoms with Crippen LogP contribution in [-0.4, -0.2) is 21.0 Å². The smallest absolute Gasteiger partial charge is 0.0702 e. The zero-order valence-corrected chi connectivity index (χ0v) is 10.6. The maximum absolute atomic E-state index is 11.9. The van der Waals surface area contributed by atoms with Gasteiger partial charge in [0.05, 0.1) is 5.52 Å². The van der Waals surface area contributed by atoms with Crippen molar-refractivity contribution in [3.63, 3.8) is 0 Å². The summed E-state index contributed by atoms with van der Waals surface area (Å²) in [6, 6.07) is 9.92. The molecule has 2 N–H and O–H groups in total. The molecule has 2 unspecified atom stereocenters. The van der Waals surface area contributed by atoms with Crippen LogP contribution in [0.2, 0.25) is 0 Å². The van der Waals surface area contributed by atoms with Crippen LogP contribution in [0.5, 0.6) is 0 Å². The maximum atomic E-state index is 11.9. The van der Waals surface area contributed by atoms with Gasteiger partial charge in [0.1, 0.15) is 0 Å². The Labute approximate surface area is 104 Å². The van der Waals surface area contributed by atoms with E-state index in [9.17, 15) is 4.21 Å². The molecule has 2 atom stereocenters. The second-order valence-corrected chi connectivity index (χ2v) is 5.96. The molecule has 2 aromatic rings. The van der Waals surface area contributed by atoms with Gasteiger partial charge in [0, 0.05) is 39.9 Å². The van der Waals surface area contributed by atoms with Gasteiger partial charge in [0.2, 0.25) is 0 Å². The number of hydrogen-bond donors (Lipinski definition) is 1. The molecule has 2 rings (SSSR count). The predicted molar refractivity (Wildman–Crippen MR) is 72.1 cm³/mol. The largest absolute Gasteiger partial charge is 0.329 e. The topological polar surface area (TPSA) is 56.0 Å². The quantitative estimate of drug-likeness (QED) is 0.898.